The number of piperidine rings is 1. The number of halogens is 2. The molecular formula is C15H24Cl2N2. The van der Waals surface area contributed by atoms with Gasteiger partial charge in [0.15, 0.2) is 0 Å². The van der Waals surface area contributed by atoms with Crippen molar-refractivity contribution in [3.05, 3.63) is 0 Å². The van der Waals surface area contributed by atoms with E-state index in [1.807, 2.05) is 0 Å². The summed E-state index contributed by atoms with van der Waals surface area (Å²) in [6, 6.07) is 2.56. The van der Waals surface area contributed by atoms with Crippen LogP contribution in [0, 0.1) is 40.9 Å². The molecule has 1 aliphatic heterocycles. The van der Waals surface area contributed by atoms with E-state index in [1.54, 1.807) is 0 Å². The van der Waals surface area contributed by atoms with Crippen LogP contribution >= 0.6 is 23.2 Å². The van der Waals surface area contributed by atoms with Gasteiger partial charge in [0.25, 0.3) is 0 Å². The summed E-state index contributed by atoms with van der Waals surface area (Å²) in [5, 5.41) is 13.1. The molecule has 0 aromatic heterocycles. The number of nitrogens with zero attached hydrogens (tertiary/aromatic N) is 1. The van der Waals surface area contributed by atoms with E-state index in [-0.39, 0.29) is 16.8 Å². The lowest BCUT2D eigenvalue weighted by Crippen LogP contribution is -2.44. The van der Waals surface area contributed by atoms with E-state index in [0.29, 0.717) is 23.7 Å². The molecule has 1 saturated heterocycles. The fourth-order valence-electron chi connectivity index (χ4n) is 4.02. The maximum atomic E-state index is 9.63. The van der Waals surface area contributed by atoms with E-state index < -0.39 is 0 Å². The molecule has 1 heterocycles. The lowest BCUT2D eigenvalue weighted by molar-refractivity contribution is 0.124. The second kappa shape index (κ2) is 6.66. The summed E-state index contributed by atoms with van der Waals surface area (Å²) >= 11 is 12.7. The summed E-state index contributed by atoms with van der Waals surface area (Å²) in [5.74, 6) is 2.04. The Balaban J connectivity index is 2.06. The Bertz CT molecular complexity index is 322. The zero-order valence-corrected chi connectivity index (χ0v) is 13.3. The molecule has 0 spiro atoms. The third-order valence-corrected chi connectivity index (χ3v) is 5.78. The molecule has 2 rings (SSSR count). The molecule has 0 aromatic carbocycles. The van der Waals surface area contributed by atoms with Crippen molar-refractivity contribution >= 4 is 23.2 Å². The molecule has 7 unspecified atom stereocenters. The molecule has 1 N–H and O–H groups in total. The highest BCUT2D eigenvalue weighted by molar-refractivity contribution is 6.21. The Morgan fingerprint density at radius 1 is 1.21 bits per heavy atom. The molecule has 19 heavy (non-hydrogen) atoms. The van der Waals surface area contributed by atoms with Gasteiger partial charge in [-0.2, -0.15) is 5.26 Å². The maximum Gasteiger partial charge on any atom is 0.0825 e. The van der Waals surface area contributed by atoms with Crippen molar-refractivity contribution in [1.29, 1.82) is 5.26 Å². The molecule has 7 atom stereocenters. The van der Waals surface area contributed by atoms with Crippen LogP contribution in [-0.2, 0) is 0 Å². The van der Waals surface area contributed by atoms with Crippen LogP contribution in [0.2, 0.25) is 0 Å². The average molecular weight is 303 g/mol. The second-order valence-electron chi connectivity index (χ2n) is 6.52. The van der Waals surface area contributed by atoms with Gasteiger partial charge in [-0.3, -0.25) is 0 Å². The third kappa shape index (κ3) is 3.57. The van der Waals surface area contributed by atoms with Crippen molar-refractivity contribution in [2.75, 3.05) is 6.54 Å². The van der Waals surface area contributed by atoms with Gasteiger partial charge in [0.05, 0.1) is 17.5 Å². The van der Waals surface area contributed by atoms with Crippen LogP contribution in [0.1, 0.15) is 39.5 Å². The zero-order valence-electron chi connectivity index (χ0n) is 11.8. The van der Waals surface area contributed by atoms with Crippen LogP contribution in [-0.4, -0.2) is 17.4 Å². The van der Waals surface area contributed by atoms with Gasteiger partial charge < -0.3 is 5.32 Å². The topological polar surface area (TPSA) is 35.8 Å². The Labute approximate surface area is 126 Å². The van der Waals surface area contributed by atoms with Gasteiger partial charge in [-0.15, -0.1) is 23.2 Å². The molecule has 0 bridgehead atoms. The van der Waals surface area contributed by atoms with Crippen molar-refractivity contribution in [3.63, 3.8) is 0 Å². The lowest BCUT2D eigenvalue weighted by atomic mass is 9.66. The van der Waals surface area contributed by atoms with E-state index in [0.717, 1.165) is 25.8 Å². The van der Waals surface area contributed by atoms with Crippen LogP contribution in [0.5, 0.6) is 0 Å². The second-order valence-corrected chi connectivity index (χ2v) is 7.60. The van der Waals surface area contributed by atoms with Crippen LogP contribution < -0.4 is 5.32 Å². The molecule has 2 nitrogen and oxygen atoms in total. The van der Waals surface area contributed by atoms with Crippen LogP contribution in [0.3, 0.4) is 0 Å². The molecule has 108 valence electrons. The van der Waals surface area contributed by atoms with Gasteiger partial charge in [0.1, 0.15) is 0 Å². The molecule has 2 fully saturated rings. The van der Waals surface area contributed by atoms with Gasteiger partial charge in [-0.05, 0) is 49.4 Å². The molecule has 1 saturated carbocycles. The number of alkyl halides is 2. The molecule has 0 amide bonds. The van der Waals surface area contributed by atoms with Crippen molar-refractivity contribution in [3.8, 4) is 6.07 Å². The summed E-state index contributed by atoms with van der Waals surface area (Å²) < 4.78 is 0. The molecule has 0 aromatic rings. The maximum absolute atomic E-state index is 9.63. The predicted molar refractivity (Wildman–Crippen MR) is 80.2 cm³/mol. The Hall–Kier alpha value is 0.0300. The first-order chi connectivity index (χ1) is 9.02. The number of nitriles is 1. The Morgan fingerprint density at radius 3 is 2.47 bits per heavy atom. The first-order valence-corrected chi connectivity index (χ1v) is 8.31. The molecular weight excluding hydrogens is 279 g/mol. The Kier molecular flexibility index (Phi) is 5.40. The first kappa shape index (κ1) is 15.4. The molecule has 0 radical (unpaired) electrons. The standard InChI is InChI=1S/C15H24Cl2N2/c1-9-5-10(2)15(13(16)6-9)12(7-18)11-3-4-14(17)19-8-11/h9-15,19H,3-6,8H2,1-2H3. The van der Waals surface area contributed by atoms with Crippen molar-refractivity contribution in [2.45, 2.75) is 50.4 Å². The zero-order chi connectivity index (χ0) is 14.0. The van der Waals surface area contributed by atoms with E-state index in [9.17, 15) is 5.26 Å². The van der Waals surface area contributed by atoms with Crippen LogP contribution in [0.15, 0.2) is 0 Å². The van der Waals surface area contributed by atoms with Gasteiger partial charge in [-0.1, -0.05) is 13.8 Å². The molecule has 2 aliphatic rings. The smallest absolute Gasteiger partial charge is 0.0825 e. The minimum atomic E-state index is 0.0710. The third-order valence-electron chi connectivity index (χ3n) is 4.94. The first-order valence-electron chi connectivity index (χ1n) is 7.44. The monoisotopic (exact) mass is 302 g/mol. The van der Waals surface area contributed by atoms with E-state index in [1.165, 1.54) is 6.42 Å². The van der Waals surface area contributed by atoms with E-state index in [4.69, 9.17) is 23.2 Å². The number of rotatable bonds is 2. The van der Waals surface area contributed by atoms with Crippen molar-refractivity contribution in [2.24, 2.45) is 29.6 Å². The van der Waals surface area contributed by atoms with Gasteiger partial charge in [0, 0.05) is 11.9 Å². The fourth-order valence-corrected chi connectivity index (χ4v) is 4.95. The highest BCUT2D eigenvalue weighted by atomic mass is 35.5. The van der Waals surface area contributed by atoms with Gasteiger partial charge in [-0.25, -0.2) is 0 Å². The van der Waals surface area contributed by atoms with Crippen molar-refractivity contribution in [1.82, 2.24) is 5.32 Å². The summed E-state index contributed by atoms with van der Waals surface area (Å²) in [7, 11) is 0. The summed E-state index contributed by atoms with van der Waals surface area (Å²) in [4.78, 5) is 0. The average Bonchev–Trinajstić information content (AvgIpc) is 2.35. The molecule has 1 aliphatic carbocycles. The largest absolute Gasteiger partial charge is 0.301 e. The Morgan fingerprint density at radius 2 is 1.95 bits per heavy atom. The highest BCUT2D eigenvalue weighted by Crippen LogP contribution is 2.44. The summed E-state index contributed by atoms with van der Waals surface area (Å²) in [5.41, 5.74) is 0.0752. The normalized spacial score (nSPS) is 45.4. The fraction of sp³-hybridized carbons (Fsp3) is 0.933. The summed E-state index contributed by atoms with van der Waals surface area (Å²) in [6.45, 7) is 5.39. The summed E-state index contributed by atoms with van der Waals surface area (Å²) in [6.07, 6.45) is 4.24. The van der Waals surface area contributed by atoms with Gasteiger partial charge in [0.2, 0.25) is 0 Å². The quantitative estimate of drug-likeness (QED) is 0.618. The van der Waals surface area contributed by atoms with Gasteiger partial charge >= 0.3 is 0 Å². The lowest BCUT2D eigenvalue weighted by Gasteiger charge is -2.42. The van der Waals surface area contributed by atoms with Crippen LogP contribution in [0.25, 0.3) is 0 Å². The predicted octanol–water partition coefficient (Wildman–Crippen LogP) is 3.98. The number of hydrogen-bond acceptors (Lipinski definition) is 2. The molecule has 4 heteroatoms. The number of nitrogens with one attached hydrogen (secondary N) is 1. The van der Waals surface area contributed by atoms with E-state index >= 15 is 0 Å². The van der Waals surface area contributed by atoms with Crippen molar-refractivity contribution < 1.29 is 0 Å². The van der Waals surface area contributed by atoms with Crippen LogP contribution in [0.4, 0.5) is 0 Å². The SMILES string of the molecule is CC1CC(C)C(C(C#N)C2CCC(Cl)NC2)C(Cl)C1. The highest BCUT2D eigenvalue weighted by Gasteiger charge is 2.41. The minimum Gasteiger partial charge on any atom is -0.301 e. The minimum absolute atomic E-state index is 0.0710. The van der Waals surface area contributed by atoms with E-state index in [2.05, 4.69) is 25.2 Å². The number of hydrogen-bond donors (Lipinski definition) is 1.